The number of halogens is 1. The molecule has 0 spiro atoms. The van der Waals surface area contributed by atoms with Crippen molar-refractivity contribution in [2.75, 3.05) is 0 Å². The molecular weight excluding hydrogens is 392 g/mol. The topological polar surface area (TPSA) is 59.3 Å². The van der Waals surface area contributed by atoms with Crippen LogP contribution < -0.4 is 5.43 Å². The first-order chi connectivity index (χ1) is 13.5. The van der Waals surface area contributed by atoms with E-state index in [0.717, 1.165) is 24.2 Å². The Morgan fingerprint density at radius 3 is 2.96 bits per heavy atom. The maximum absolute atomic E-state index is 12.5. The molecule has 1 aliphatic rings. The Kier molecular flexibility index (Phi) is 5.33. The van der Waals surface area contributed by atoms with Crippen LogP contribution in [0.25, 0.3) is 5.69 Å². The van der Waals surface area contributed by atoms with Gasteiger partial charge in [0.2, 0.25) is 0 Å². The lowest BCUT2D eigenvalue weighted by Crippen LogP contribution is -2.16. The van der Waals surface area contributed by atoms with Gasteiger partial charge in [-0.25, -0.2) is 10.1 Å². The monoisotopic (exact) mass is 412 g/mol. The van der Waals surface area contributed by atoms with Gasteiger partial charge >= 0.3 is 0 Å². The van der Waals surface area contributed by atoms with Crippen LogP contribution in [0.15, 0.2) is 41.5 Å². The second-order valence-corrected chi connectivity index (χ2v) is 8.64. The number of aryl methyl sites for hydroxylation is 2. The van der Waals surface area contributed by atoms with Crippen LogP contribution in [0.4, 0.5) is 0 Å². The number of nitrogens with zero attached hydrogens (tertiary/aromatic N) is 3. The molecule has 0 unspecified atom stereocenters. The Hall–Kier alpha value is -2.44. The van der Waals surface area contributed by atoms with Crippen LogP contribution in [0.2, 0.25) is 5.15 Å². The number of hydrazone groups is 1. The maximum atomic E-state index is 12.5. The molecule has 0 fully saturated rings. The van der Waals surface area contributed by atoms with Crippen molar-refractivity contribution in [3.8, 4) is 5.69 Å². The van der Waals surface area contributed by atoms with E-state index in [9.17, 15) is 4.79 Å². The van der Waals surface area contributed by atoms with Crippen LogP contribution >= 0.6 is 22.9 Å². The van der Waals surface area contributed by atoms with Gasteiger partial charge in [-0.3, -0.25) is 4.79 Å². The van der Waals surface area contributed by atoms with E-state index in [1.807, 2.05) is 43.3 Å². The molecule has 7 heteroatoms. The molecule has 1 aromatic carbocycles. The van der Waals surface area contributed by atoms with Crippen molar-refractivity contribution in [1.82, 2.24) is 15.2 Å². The average molecular weight is 413 g/mol. The van der Waals surface area contributed by atoms with Crippen LogP contribution in [0.5, 0.6) is 0 Å². The minimum atomic E-state index is -0.187. The third-order valence-corrected chi connectivity index (χ3v) is 6.56. The highest BCUT2D eigenvalue weighted by molar-refractivity contribution is 7.14. The zero-order valence-corrected chi connectivity index (χ0v) is 17.3. The first-order valence-corrected chi connectivity index (χ1v) is 10.5. The largest absolute Gasteiger partial charge is 0.281 e. The predicted octanol–water partition coefficient (Wildman–Crippen LogP) is 4.78. The predicted molar refractivity (Wildman–Crippen MR) is 114 cm³/mol. The number of carbonyl (C=O) groups excluding carboxylic acids is 1. The lowest BCUT2D eigenvalue weighted by Gasteiger charge is -2.16. The Labute approximate surface area is 173 Å². The zero-order chi connectivity index (χ0) is 19.7. The summed E-state index contributed by atoms with van der Waals surface area (Å²) in [5, 5.41) is 9.04. The third kappa shape index (κ3) is 3.75. The molecule has 28 heavy (non-hydrogen) atoms. The Balaban J connectivity index is 1.48. The van der Waals surface area contributed by atoms with E-state index in [2.05, 4.69) is 22.5 Å². The van der Waals surface area contributed by atoms with Gasteiger partial charge in [0.15, 0.2) is 0 Å². The first kappa shape index (κ1) is 18.9. The molecule has 4 rings (SSSR count). The van der Waals surface area contributed by atoms with Gasteiger partial charge in [-0.1, -0.05) is 36.7 Å². The number of amides is 1. The SMILES string of the molecule is Cc1nn(-c2ccccc2)c(Cl)c1/C=N\NC(=O)c1cc2c(s1)CC[C@H](C)C2. The standard InChI is InChI=1S/C21H21ClN4OS/c1-13-8-9-18-15(10-13)11-19(28-18)21(27)24-23-12-17-14(2)25-26(20(17)22)16-6-4-3-5-7-16/h3-7,11-13H,8-10H2,1-2H3,(H,24,27)/b23-12-/t13-/m0/s1. The molecule has 1 N–H and O–H groups in total. The number of thiophene rings is 1. The summed E-state index contributed by atoms with van der Waals surface area (Å²) in [6.45, 7) is 4.12. The molecule has 2 aromatic heterocycles. The summed E-state index contributed by atoms with van der Waals surface area (Å²) in [5.74, 6) is 0.495. The van der Waals surface area contributed by atoms with Crippen molar-refractivity contribution in [3.05, 3.63) is 68.1 Å². The van der Waals surface area contributed by atoms with Crippen LogP contribution in [0.3, 0.4) is 0 Å². The summed E-state index contributed by atoms with van der Waals surface area (Å²) >= 11 is 8.05. The summed E-state index contributed by atoms with van der Waals surface area (Å²) in [6.07, 6.45) is 4.86. The number of carbonyl (C=O) groups is 1. The van der Waals surface area contributed by atoms with E-state index in [1.54, 1.807) is 22.2 Å². The lowest BCUT2D eigenvalue weighted by molar-refractivity contribution is 0.0959. The van der Waals surface area contributed by atoms with E-state index < -0.39 is 0 Å². The molecule has 1 aliphatic carbocycles. The van der Waals surface area contributed by atoms with Crippen molar-refractivity contribution in [3.63, 3.8) is 0 Å². The Morgan fingerprint density at radius 1 is 1.39 bits per heavy atom. The highest BCUT2D eigenvalue weighted by Gasteiger charge is 2.20. The number of nitrogens with one attached hydrogen (secondary N) is 1. The third-order valence-electron chi connectivity index (χ3n) is 4.96. The normalized spacial score (nSPS) is 16.3. The van der Waals surface area contributed by atoms with Gasteiger partial charge in [-0.15, -0.1) is 11.3 Å². The van der Waals surface area contributed by atoms with Gasteiger partial charge in [0.1, 0.15) is 5.15 Å². The van der Waals surface area contributed by atoms with Crippen LogP contribution in [0.1, 0.15) is 44.7 Å². The molecule has 1 amide bonds. The van der Waals surface area contributed by atoms with Crippen LogP contribution in [-0.2, 0) is 12.8 Å². The molecule has 0 aliphatic heterocycles. The summed E-state index contributed by atoms with van der Waals surface area (Å²) in [6, 6.07) is 11.7. The first-order valence-electron chi connectivity index (χ1n) is 9.28. The molecule has 0 saturated carbocycles. The lowest BCUT2D eigenvalue weighted by atomic mass is 9.90. The number of hydrogen-bond acceptors (Lipinski definition) is 4. The molecule has 144 valence electrons. The van der Waals surface area contributed by atoms with Crippen molar-refractivity contribution in [2.45, 2.75) is 33.1 Å². The minimum absolute atomic E-state index is 0.187. The van der Waals surface area contributed by atoms with Gasteiger partial charge < -0.3 is 0 Å². The molecule has 1 atom stereocenters. The second-order valence-electron chi connectivity index (χ2n) is 7.14. The number of aromatic nitrogens is 2. The van der Waals surface area contributed by atoms with Gasteiger partial charge in [0.05, 0.1) is 28.0 Å². The molecular formula is C21H21ClN4OS. The fourth-order valence-corrected chi connectivity index (χ4v) is 4.85. The molecule has 0 saturated heterocycles. The van der Waals surface area contributed by atoms with Gasteiger partial charge in [-0.05, 0) is 55.9 Å². The molecule has 5 nitrogen and oxygen atoms in total. The van der Waals surface area contributed by atoms with Crippen molar-refractivity contribution >= 4 is 35.1 Å². The summed E-state index contributed by atoms with van der Waals surface area (Å²) in [5.41, 5.74) is 6.22. The summed E-state index contributed by atoms with van der Waals surface area (Å²) in [4.78, 5) is 14.5. The highest BCUT2D eigenvalue weighted by Crippen LogP contribution is 2.32. The van der Waals surface area contributed by atoms with E-state index in [1.165, 1.54) is 16.9 Å². The average Bonchev–Trinajstić information content (AvgIpc) is 3.24. The van der Waals surface area contributed by atoms with Crippen molar-refractivity contribution in [2.24, 2.45) is 11.0 Å². The number of para-hydroxylation sites is 1. The molecule has 0 bridgehead atoms. The summed E-state index contributed by atoms with van der Waals surface area (Å²) < 4.78 is 1.66. The van der Waals surface area contributed by atoms with Crippen LogP contribution in [0, 0.1) is 12.8 Å². The van der Waals surface area contributed by atoms with Crippen molar-refractivity contribution < 1.29 is 4.79 Å². The Bertz CT molecular complexity index is 1040. The van der Waals surface area contributed by atoms with Gasteiger partial charge in [0, 0.05) is 4.88 Å². The Morgan fingerprint density at radius 2 is 2.18 bits per heavy atom. The van der Waals surface area contributed by atoms with E-state index in [-0.39, 0.29) is 5.91 Å². The molecule has 2 heterocycles. The van der Waals surface area contributed by atoms with E-state index in [0.29, 0.717) is 21.5 Å². The van der Waals surface area contributed by atoms with Crippen LogP contribution in [-0.4, -0.2) is 21.9 Å². The minimum Gasteiger partial charge on any atom is -0.266 e. The number of benzene rings is 1. The highest BCUT2D eigenvalue weighted by atomic mass is 35.5. The maximum Gasteiger partial charge on any atom is 0.281 e. The molecule has 0 radical (unpaired) electrons. The van der Waals surface area contributed by atoms with Gasteiger partial charge in [-0.2, -0.15) is 10.2 Å². The molecule has 3 aromatic rings. The second kappa shape index (κ2) is 7.89. The smallest absolute Gasteiger partial charge is 0.266 e. The quantitative estimate of drug-likeness (QED) is 0.495. The van der Waals surface area contributed by atoms with Crippen molar-refractivity contribution in [1.29, 1.82) is 0 Å². The fraction of sp³-hybridized carbons (Fsp3) is 0.286. The number of rotatable bonds is 4. The van der Waals surface area contributed by atoms with E-state index in [4.69, 9.17) is 11.6 Å². The van der Waals surface area contributed by atoms with E-state index >= 15 is 0 Å². The number of hydrogen-bond donors (Lipinski definition) is 1. The zero-order valence-electron chi connectivity index (χ0n) is 15.8. The summed E-state index contributed by atoms with van der Waals surface area (Å²) in [7, 11) is 0. The number of fused-ring (bicyclic) bond motifs is 1. The fourth-order valence-electron chi connectivity index (χ4n) is 3.43. The van der Waals surface area contributed by atoms with Gasteiger partial charge in [0.25, 0.3) is 5.91 Å².